The highest BCUT2D eigenvalue weighted by molar-refractivity contribution is 6.16. The highest BCUT2D eigenvalue weighted by Gasteiger charge is 2.04. The molecule has 78 valence electrons. The molecule has 0 N–H and O–H groups in total. The van der Waals surface area contributed by atoms with Gasteiger partial charge in [-0.25, -0.2) is 4.98 Å². The van der Waals surface area contributed by atoms with Crippen LogP contribution in [0.5, 0.6) is 5.88 Å². The molecule has 0 aliphatic rings. The Kier molecular flexibility index (Phi) is 4.66. The van der Waals surface area contributed by atoms with Crippen LogP contribution in [0.15, 0.2) is 12.4 Å². The highest BCUT2D eigenvalue weighted by Crippen LogP contribution is 2.11. The van der Waals surface area contributed by atoms with Crippen molar-refractivity contribution in [3.05, 3.63) is 18.1 Å². The third-order valence-corrected chi connectivity index (χ3v) is 2.09. The minimum atomic E-state index is 0.180. The Morgan fingerprint density at radius 1 is 1.50 bits per heavy atom. The van der Waals surface area contributed by atoms with Crippen molar-refractivity contribution in [2.45, 2.75) is 38.7 Å². The first-order chi connectivity index (χ1) is 6.76. The first-order valence-electron chi connectivity index (χ1n) is 4.79. The molecule has 0 aliphatic carbocycles. The van der Waals surface area contributed by atoms with E-state index in [0.717, 1.165) is 18.5 Å². The lowest BCUT2D eigenvalue weighted by molar-refractivity contribution is 0.200. The molecule has 0 aliphatic heterocycles. The van der Waals surface area contributed by atoms with E-state index in [1.807, 2.05) is 6.92 Å². The predicted molar refractivity (Wildman–Crippen MR) is 56.6 cm³/mol. The van der Waals surface area contributed by atoms with Crippen LogP contribution in [0, 0.1) is 0 Å². The predicted octanol–water partition coefficient (Wildman–Crippen LogP) is 2.78. The van der Waals surface area contributed by atoms with E-state index in [1.54, 1.807) is 12.4 Å². The fraction of sp³-hybridized carbons (Fsp3) is 0.600. The second kappa shape index (κ2) is 5.81. The van der Waals surface area contributed by atoms with Crippen molar-refractivity contribution >= 4 is 11.6 Å². The molecule has 0 spiro atoms. The summed E-state index contributed by atoms with van der Waals surface area (Å²) < 4.78 is 5.56. The monoisotopic (exact) mass is 214 g/mol. The molecule has 0 saturated carbocycles. The van der Waals surface area contributed by atoms with Crippen molar-refractivity contribution in [1.29, 1.82) is 0 Å². The maximum atomic E-state index is 5.64. The smallest absolute Gasteiger partial charge is 0.232 e. The van der Waals surface area contributed by atoms with Crippen molar-refractivity contribution in [1.82, 2.24) is 9.97 Å². The van der Waals surface area contributed by atoms with Crippen LogP contribution in [0.3, 0.4) is 0 Å². The summed E-state index contributed by atoms with van der Waals surface area (Å²) >= 11 is 5.64. The van der Waals surface area contributed by atoms with E-state index in [1.165, 1.54) is 0 Å². The van der Waals surface area contributed by atoms with Crippen molar-refractivity contribution in [3.63, 3.8) is 0 Å². The number of alkyl halides is 1. The van der Waals surface area contributed by atoms with Crippen LogP contribution in [0.25, 0.3) is 0 Å². The largest absolute Gasteiger partial charge is 0.474 e. The van der Waals surface area contributed by atoms with E-state index in [9.17, 15) is 0 Å². The van der Waals surface area contributed by atoms with Gasteiger partial charge in [-0.05, 0) is 13.3 Å². The Bertz CT molecular complexity index is 281. The maximum absolute atomic E-state index is 5.64. The Hall–Kier alpha value is -0.830. The van der Waals surface area contributed by atoms with E-state index < -0.39 is 0 Å². The zero-order valence-electron chi connectivity index (χ0n) is 8.53. The maximum Gasteiger partial charge on any atom is 0.232 e. The summed E-state index contributed by atoms with van der Waals surface area (Å²) in [4.78, 5) is 8.19. The SMILES string of the molecule is CCCC(C)Oc1cncc(CCl)n1. The zero-order valence-corrected chi connectivity index (χ0v) is 9.29. The molecule has 0 amide bonds. The number of aromatic nitrogens is 2. The summed E-state index contributed by atoms with van der Waals surface area (Å²) in [5, 5.41) is 0. The summed E-state index contributed by atoms with van der Waals surface area (Å²) in [6.07, 6.45) is 5.56. The standard InChI is InChI=1S/C10H15ClN2O/c1-3-4-8(2)14-10-7-12-6-9(5-11)13-10/h6-8H,3-5H2,1-2H3. The van der Waals surface area contributed by atoms with Crippen molar-refractivity contribution in [2.75, 3.05) is 0 Å². The van der Waals surface area contributed by atoms with Gasteiger partial charge in [0.05, 0.1) is 23.9 Å². The lowest BCUT2D eigenvalue weighted by Gasteiger charge is -2.12. The molecule has 1 aromatic rings. The Morgan fingerprint density at radius 3 is 2.93 bits per heavy atom. The van der Waals surface area contributed by atoms with Crippen molar-refractivity contribution in [2.24, 2.45) is 0 Å². The third-order valence-electron chi connectivity index (χ3n) is 1.82. The van der Waals surface area contributed by atoms with Crippen LogP contribution in [0.1, 0.15) is 32.4 Å². The van der Waals surface area contributed by atoms with Crippen LogP contribution in [0.2, 0.25) is 0 Å². The lowest BCUT2D eigenvalue weighted by Crippen LogP contribution is -2.12. The van der Waals surface area contributed by atoms with E-state index >= 15 is 0 Å². The van der Waals surface area contributed by atoms with Gasteiger partial charge in [-0.3, -0.25) is 4.98 Å². The topological polar surface area (TPSA) is 35.0 Å². The average molecular weight is 215 g/mol. The van der Waals surface area contributed by atoms with E-state index in [4.69, 9.17) is 16.3 Å². The number of hydrogen-bond acceptors (Lipinski definition) is 3. The summed E-state index contributed by atoms with van der Waals surface area (Å²) in [7, 11) is 0. The van der Waals surface area contributed by atoms with E-state index in [2.05, 4.69) is 16.9 Å². The first kappa shape index (κ1) is 11.2. The molecule has 0 fully saturated rings. The Morgan fingerprint density at radius 2 is 2.29 bits per heavy atom. The number of ether oxygens (including phenoxy) is 1. The van der Waals surface area contributed by atoms with Gasteiger partial charge in [0.25, 0.3) is 0 Å². The molecular weight excluding hydrogens is 200 g/mol. The highest BCUT2D eigenvalue weighted by atomic mass is 35.5. The molecule has 14 heavy (non-hydrogen) atoms. The summed E-state index contributed by atoms with van der Waals surface area (Å²) in [5.74, 6) is 0.927. The molecule has 1 unspecified atom stereocenters. The van der Waals surface area contributed by atoms with E-state index in [-0.39, 0.29) is 6.10 Å². The Labute approximate surface area is 89.5 Å². The van der Waals surface area contributed by atoms with Crippen LogP contribution in [-0.4, -0.2) is 16.1 Å². The second-order valence-electron chi connectivity index (χ2n) is 3.20. The minimum Gasteiger partial charge on any atom is -0.474 e. The molecule has 0 aromatic carbocycles. The molecular formula is C10H15ClN2O. The molecule has 1 aromatic heterocycles. The number of hydrogen-bond donors (Lipinski definition) is 0. The molecule has 0 saturated heterocycles. The van der Waals surface area contributed by atoms with Gasteiger partial charge in [-0.1, -0.05) is 13.3 Å². The molecule has 1 atom stereocenters. The molecule has 0 radical (unpaired) electrons. The summed E-state index contributed by atoms with van der Waals surface area (Å²) in [5.41, 5.74) is 0.743. The fourth-order valence-electron chi connectivity index (χ4n) is 1.18. The third kappa shape index (κ3) is 3.50. The van der Waals surface area contributed by atoms with Crippen LogP contribution < -0.4 is 4.74 Å². The Balaban J connectivity index is 2.57. The van der Waals surface area contributed by atoms with Gasteiger partial charge in [-0.15, -0.1) is 11.6 Å². The van der Waals surface area contributed by atoms with Crippen LogP contribution >= 0.6 is 11.6 Å². The quantitative estimate of drug-likeness (QED) is 0.707. The average Bonchev–Trinajstić information content (AvgIpc) is 2.18. The molecule has 1 heterocycles. The van der Waals surface area contributed by atoms with Crippen molar-refractivity contribution in [3.8, 4) is 5.88 Å². The number of rotatable bonds is 5. The zero-order chi connectivity index (χ0) is 10.4. The molecule has 0 bridgehead atoms. The molecule has 4 heteroatoms. The van der Waals surface area contributed by atoms with Crippen molar-refractivity contribution < 1.29 is 4.74 Å². The second-order valence-corrected chi connectivity index (χ2v) is 3.47. The van der Waals surface area contributed by atoms with Gasteiger partial charge in [-0.2, -0.15) is 0 Å². The first-order valence-corrected chi connectivity index (χ1v) is 5.33. The van der Waals surface area contributed by atoms with Crippen LogP contribution in [0.4, 0.5) is 0 Å². The number of halogens is 1. The van der Waals surface area contributed by atoms with Gasteiger partial charge in [0.2, 0.25) is 5.88 Å². The number of nitrogens with zero attached hydrogens (tertiary/aromatic N) is 2. The van der Waals surface area contributed by atoms with Crippen LogP contribution in [-0.2, 0) is 5.88 Å². The summed E-state index contributed by atoms with van der Waals surface area (Å²) in [6, 6.07) is 0. The summed E-state index contributed by atoms with van der Waals surface area (Å²) in [6.45, 7) is 4.15. The lowest BCUT2D eigenvalue weighted by atomic mass is 10.2. The normalized spacial score (nSPS) is 12.5. The fourth-order valence-corrected chi connectivity index (χ4v) is 1.31. The van der Waals surface area contributed by atoms with Gasteiger partial charge >= 0.3 is 0 Å². The van der Waals surface area contributed by atoms with Gasteiger partial charge in [0.15, 0.2) is 0 Å². The molecule has 3 nitrogen and oxygen atoms in total. The minimum absolute atomic E-state index is 0.180. The van der Waals surface area contributed by atoms with Gasteiger partial charge in [0.1, 0.15) is 0 Å². The van der Waals surface area contributed by atoms with Gasteiger partial charge in [0, 0.05) is 6.20 Å². The molecule has 1 rings (SSSR count). The van der Waals surface area contributed by atoms with Gasteiger partial charge < -0.3 is 4.74 Å². The van der Waals surface area contributed by atoms with E-state index in [0.29, 0.717) is 11.8 Å².